The fourth-order valence-electron chi connectivity index (χ4n) is 0.605. The zero-order valence-electron chi connectivity index (χ0n) is 5.65. The van der Waals surface area contributed by atoms with Gasteiger partial charge in [-0.05, 0) is 12.1 Å². The van der Waals surface area contributed by atoms with E-state index in [-0.39, 0.29) is 5.75 Å². The molecule has 0 atom stereocenters. The number of hydrogen-bond acceptors (Lipinski definition) is 1. The third-order valence-electron chi connectivity index (χ3n) is 0.958. The van der Waals surface area contributed by atoms with Crippen molar-refractivity contribution in [3.63, 3.8) is 0 Å². The van der Waals surface area contributed by atoms with Crippen LogP contribution in [-0.2, 0) is 0 Å². The molecule has 65 valence electrons. The molecular formula is C7H3BrF3O. The van der Waals surface area contributed by atoms with Crippen molar-refractivity contribution in [1.29, 1.82) is 0 Å². The molecule has 0 unspecified atom stereocenters. The Labute approximate surface area is 75.3 Å². The maximum Gasteiger partial charge on any atom is 0.573 e. The third kappa shape index (κ3) is 3.13. The van der Waals surface area contributed by atoms with Gasteiger partial charge in [-0.25, -0.2) is 0 Å². The van der Waals surface area contributed by atoms with Crippen LogP contribution in [0.25, 0.3) is 0 Å². The van der Waals surface area contributed by atoms with E-state index in [2.05, 4.69) is 26.7 Å². The largest absolute Gasteiger partial charge is 0.573 e. The zero-order valence-corrected chi connectivity index (χ0v) is 7.24. The van der Waals surface area contributed by atoms with Gasteiger partial charge in [-0.15, -0.1) is 13.2 Å². The van der Waals surface area contributed by atoms with Crippen molar-refractivity contribution in [2.75, 3.05) is 0 Å². The second-order valence-electron chi connectivity index (χ2n) is 1.91. The molecule has 0 heterocycles. The SMILES string of the molecule is FC(F)(F)Oc1[c]c(Br)ccc1. The van der Waals surface area contributed by atoms with Crippen molar-refractivity contribution >= 4 is 15.9 Å². The number of alkyl halides is 3. The van der Waals surface area contributed by atoms with E-state index < -0.39 is 6.36 Å². The van der Waals surface area contributed by atoms with Gasteiger partial charge in [-0.1, -0.05) is 22.0 Å². The van der Waals surface area contributed by atoms with Crippen molar-refractivity contribution in [2.45, 2.75) is 6.36 Å². The Morgan fingerprint density at radius 2 is 2.00 bits per heavy atom. The van der Waals surface area contributed by atoms with Crippen LogP contribution in [0.2, 0.25) is 0 Å². The predicted molar refractivity (Wildman–Crippen MR) is 39.7 cm³/mol. The van der Waals surface area contributed by atoms with Crippen LogP contribution in [0.5, 0.6) is 5.75 Å². The summed E-state index contributed by atoms with van der Waals surface area (Å²) < 4.78 is 38.9. The topological polar surface area (TPSA) is 9.23 Å². The average molecular weight is 240 g/mol. The fraction of sp³-hybridized carbons (Fsp3) is 0.143. The summed E-state index contributed by atoms with van der Waals surface area (Å²) >= 11 is 2.97. The molecule has 1 radical (unpaired) electrons. The molecule has 0 N–H and O–H groups in total. The van der Waals surface area contributed by atoms with Gasteiger partial charge >= 0.3 is 6.36 Å². The number of halogens is 4. The van der Waals surface area contributed by atoms with Crippen LogP contribution in [0.1, 0.15) is 0 Å². The zero-order chi connectivity index (χ0) is 9.19. The van der Waals surface area contributed by atoms with Gasteiger partial charge in [0.1, 0.15) is 5.75 Å². The minimum absolute atomic E-state index is 0.350. The molecule has 0 saturated carbocycles. The molecule has 0 spiro atoms. The lowest BCUT2D eigenvalue weighted by atomic mass is 10.3. The quantitative estimate of drug-likeness (QED) is 0.732. The van der Waals surface area contributed by atoms with E-state index in [0.717, 1.165) is 0 Å². The number of ether oxygens (including phenoxy) is 1. The Balaban J connectivity index is 2.77. The lowest BCUT2D eigenvalue weighted by molar-refractivity contribution is -0.274. The first-order valence-corrected chi connectivity index (χ1v) is 3.70. The molecule has 1 nitrogen and oxygen atoms in total. The van der Waals surface area contributed by atoms with Crippen LogP contribution >= 0.6 is 15.9 Å². The Kier molecular flexibility index (Phi) is 2.62. The lowest BCUT2D eigenvalue weighted by Crippen LogP contribution is -2.17. The second kappa shape index (κ2) is 3.35. The number of rotatable bonds is 1. The molecule has 1 aromatic carbocycles. The van der Waals surface area contributed by atoms with Gasteiger partial charge in [0.15, 0.2) is 0 Å². The molecule has 0 bridgehead atoms. The van der Waals surface area contributed by atoms with E-state index in [0.29, 0.717) is 4.47 Å². The van der Waals surface area contributed by atoms with Crippen molar-refractivity contribution in [2.24, 2.45) is 0 Å². The second-order valence-corrected chi connectivity index (χ2v) is 2.77. The van der Waals surface area contributed by atoms with E-state index in [9.17, 15) is 13.2 Å². The van der Waals surface area contributed by atoms with Crippen molar-refractivity contribution < 1.29 is 17.9 Å². The highest BCUT2D eigenvalue weighted by Crippen LogP contribution is 2.24. The molecule has 12 heavy (non-hydrogen) atoms. The Morgan fingerprint density at radius 3 is 2.50 bits per heavy atom. The van der Waals surface area contributed by atoms with Gasteiger partial charge in [0, 0.05) is 10.5 Å². The molecule has 0 aliphatic rings. The fourth-order valence-corrected chi connectivity index (χ4v) is 0.953. The summed E-state index contributed by atoms with van der Waals surface area (Å²) in [5.74, 6) is -0.350. The molecule has 0 saturated heterocycles. The predicted octanol–water partition coefficient (Wildman–Crippen LogP) is 3.15. The van der Waals surface area contributed by atoms with Crippen molar-refractivity contribution in [1.82, 2.24) is 0 Å². The monoisotopic (exact) mass is 239 g/mol. The molecule has 1 rings (SSSR count). The third-order valence-corrected chi connectivity index (χ3v) is 1.42. The summed E-state index contributed by atoms with van der Waals surface area (Å²) in [6, 6.07) is 6.51. The molecule has 0 aromatic heterocycles. The molecule has 0 aliphatic carbocycles. The molecule has 0 aliphatic heterocycles. The number of hydrogen-bond donors (Lipinski definition) is 0. The highest BCUT2D eigenvalue weighted by molar-refractivity contribution is 9.10. The first-order chi connectivity index (χ1) is 5.47. The molecule has 1 aromatic rings. The first-order valence-electron chi connectivity index (χ1n) is 2.91. The Bertz CT molecular complexity index is 272. The normalized spacial score (nSPS) is 11.3. The van der Waals surface area contributed by atoms with Crippen LogP contribution < -0.4 is 4.74 Å². The summed E-state index contributed by atoms with van der Waals surface area (Å²) in [4.78, 5) is 0. The highest BCUT2D eigenvalue weighted by atomic mass is 79.9. The van der Waals surface area contributed by atoms with Crippen LogP contribution in [0.15, 0.2) is 22.7 Å². The van der Waals surface area contributed by atoms with Gasteiger partial charge in [-0.2, -0.15) is 0 Å². The van der Waals surface area contributed by atoms with E-state index in [1.165, 1.54) is 12.1 Å². The maximum absolute atomic E-state index is 11.6. The average Bonchev–Trinajstić information content (AvgIpc) is 1.82. The van der Waals surface area contributed by atoms with Crippen LogP contribution in [0.4, 0.5) is 13.2 Å². The van der Waals surface area contributed by atoms with Crippen LogP contribution in [0, 0.1) is 6.07 Å². The minimum atomic E-state index is -4.66. The molecule has 0 amide bonds. The maximum atomic E-state index is 11.6. The van der Waals surface area contributed by atoms with Crippen molar-refractivity contribution in [3.05, 3.63) is 28.7 Å². The summed E-state index contributed by atoms with van der Waals surface area (Å²) in [7, 11) is 0. The lowest BCUT2D eigenvalue weighted by Gasteiger charge is -2.07. The van der Waals surface area contributed by atoms with Crippen LogP contribution in [-0.4, -0.2) is 6.36 Å². The summed E-state index contributed by atoms with van der Waals surface area (Å²) in [6.07, 6.45) is -4.66. The van der Waals surface area contributed by atoms with Crippen molar-refractivity contribution in [3.8, 4) is 5.75 Å². The smallest absolute Gasteiger partial charge is 0.405 e. The van der Waals surface area contributed by atoms with E-state index in [4.69, 9.17) is 0 Å². The van der Waals surface area contributed by atoms with Gasteiger partial charge in [0.2, 0.25) is 0 Å². The molecular weight excluding hydrogens is 237 g/mol. The summed E-state index contributed by atoms with van der Waals surface area (Å²) in [5.41, 5.74) is 0. The van der Waals surface area contributed by atoms with E-state index in [1.807, 2.05) is 0 Å². The van der Waals surface area contributed by atoms with Gasteiger partial charge in [0.25, 0.3) is 0 Å². The standard InChI is InChI=1S/C7H3BrF3O/c8-5-2-1-3-6(4-5)12-7(9,10)11/h1-3H. The van der Waals surface area contributed by atoms with E-state index in [1.54, 1.807) is 6.07 Å². The summed E-state index contributed by atoms with van der Waals surface area (Å²) in [5, 5.41) is 0. The van der Waals surface area contributed by atoms with Gasteiger partial charge in [-0.3, -0.25) is 0 Å². The van der Waals surface area contributed by atoms with Gasteiger partial charge in [0.05, 0.1) is 0 Å². The highest BCUT2D eigenvalue weighted by Gasteiger charge is 2.31. The number of benzene rings is 1. The molecule has 0 fully saturated rings. The van der Waals surface area contributed by atoms with Gasteiger partial charge < -0.3 is 4.74 Å². The Hall–Kier alpha value is -0.710. The summed E-state index contributed by atoms with van der Waals surface area (Å²) in [6.45, 7) is 0. The Morgan fingerprint density at radius 1 is 1.33 bits per heavy atom. The molecule has 5 heteroatoms. The minimum Gasteiger partial charge on any atom is -0.405 e. The first kappa shape index (κ1) is 9.38. The van der Waals surface area contributed by atoms with E-state index >= 15 is 0 Å². The van der Waals surface area contributed by atoms with Crippen LogP contribution in [0.3, 0.4) is 0 Å².